The monoisotopic (exact) mass is 897 g/mol. The first-order valence-corrected chi connectivity index (χ1v) is 26.5. The van der Waals surface area contributed by atoms with E-state index in [9.17, 15) is 0 Å². The topological polar surface area (TPSA) is 6.48 Å². The molecule has 2 bridgehead atoms. The van der Waals surface area contributed by atoms with Crippen LogP contribution in [0, 0.1) is 11.3 Å². The lowest BCUT2D eigenvalue weighted by atomic mass is 9.33. The predicted molar refractivity (Wildman–Crippen MR) is 295 cm³/mol. The highest BCUT2D eigenvalue weighted by Crippen LogP contribution is 2.65. The minimum absolute atomic E-state index is 0.00204. The highest BCUT2D eigenvalue weighted by atomic mass is 15.2. The van der Waals surface area contributed by atoms with Crippen LogP contribution in [0.1, 0.15) is 187 Å². The minimum atomic E-state index is -0.0299. The van der Waals surface area contributed by atoms with E-state index in [1.54, 1.807) is 0 Å². The first kappa shape index (κ1) is 45.4. The molecular weight excluding hydrogens is 820 g/mol. The number of nitrogens with zero attached hydrogens (tertiary/aromatic N) is 2. The third-order valence-corrected chi connectivity index (χ3v) is 17.4. The Bertz CT molecular complexity index is 2910. The van der Waals surface area contributed by atoms with Crippen LogP contribution in [0.15, 0.2) is 115 Å². The Morgan fingerprint density at radius 1 is 0.471 bits per heavy atom. The maximum Gasteiger partial charge on any atom is 0.252 e. The molecule has 0 saturated heterocycles. The first-order valence-electron chi connectivity index (χ1n) is 26.5. The van der Waals surface area contributed by atoms with Crippen molar-refractivity contribution in [1.82, 2.24) is 0 Å². The van der Waals surface area contributed by atoms with Crippen molar-refractivity contribution in [2.75, 3.05) is 9.80 Å². The zero-order chi connectivity index (χ0) is 47.9. The Labute approximate surface area is 411 Å². The Kier molecular flexibility index (Phi) is 10.5. The predicted octanol–water partition coefficient (Wildman–Crippen LogP) is 16.6. The number of anilines is 6. The van der Waals surface area contributed by atoms with Gasteiger partial charge in [0.1, 0.15) is 0 Å². The summed E-state index contributed by atoms with van der Waals surface area (Å²) in [6, 6.07) is 47.1. The van der Waals surface area contributed by atoms with Gasteiger partial charge in [0.05, 0.1) is 0 Å². The maximum atomic E-state index is 2.69. The van der Waals surface area contributed by atoms with Crippen LogP contribution in [0.25, 0.3) is 11.1 Å². The Morgan fingerprint density at radius 3 is 1.49 bits per heavy atom. The summed E-state index contributed by atoms with van der Waals surface area (Å²) in [6.45, 7) is 30.9. The molecule has 12 rings (SSSR count). The van der Waals surface area contributed by atoms with Gasteiger partial charge >= 0.3 is 0 Å². The van der Waals surface area contributed by atoms with Crippen LogP contribution >= 0.6 is 0 Å². The fraction of sp³-hybridized carbons (Fsp3) is 0.446. The van der Waals surface area contributed by atoms with Crippen molar-refractivity contribution in [2.24, 2.45) is 11.3 Å². The van der Waals surface area contributed by atoms with Gasteiger partial charge in [-0.1, -0.05) is 176 Å². The summed E-state index contributed by atoms with van der Waals surface area (Å²) in [4.78, 5) is 5.34. The third kappa shape index (κ3) is 7.68. The summed E-state index contributed by atoms with van der Waals surface area (Å²) in [7, 11) is 0. The number of rotatable bonds is 5. The molecule has 6 aromatic carbocycles. The summed E-state index contributed by atoms with van der Waals surface area (Å²) in [5, 5.41) is 0. The van der Waals surface area contributed by atoms with Gasteiger partial charge in [-0.2, -0.15) is 0 Å². The average molecular weight is 897 g/mol. The summed E-state index contributed by atoms with van der Waals surface area (Å²) in [6.07, 6.45) is 10.6. The molecule has 2 nitrogen and oxygen atoms in total. The fourth-order valence-corrected chi connectivity index (χ4v) is 13.5. The summed E-state index contributed by atoms with van der Waals surface area (Å²) >= 11 is 0. The van der Waals surface area contributed by atoms with Crippen molar-refractivity contribution in [3.8, 4) is 11.1 Å². The van der Waals surface area contributed by atoms with Gasteiger partial charge in [0.15, 0.2) is 0 Å². The lowest BCUT2D eigenvalue weighted by Crippen LogP contribution is -2.61. The van der Waals surface area contributed by atoms with Crippen molar-refractivity contribution < 1.29 is 0 Å². The Morgan fingerprint density at radius 2 is 0.985 bits per heavy atom. The Hall–Kier alpha value is -5.02. The van der Waals surface area contributed by atoms with Crippen LogP contribution in [0.4, 0.5) is 34.1 Å². The molecule has 4 fully saturated rings. The molecule has 2 aliphatic heterocycles. The summed E-state index contributed by atoms with van der Waals surface area (Å²) in [5.41, 5.74) is 23.8. The normalized spacial score (nSPS) is 21.3. The van der Waals surface area contributed by atoms with Crippen LogP contribution in [-0.4, -0.2) is 6.71 Å². The average Bonchev–Trinajstić information content (AvgIpc) is 3.81. The standard InChI is InChI=1S/C65H77BN2/c1-61(2,3)46-23-27-49(28-24-46)67-56-31-25-47(62(4,5)6)35-54(56)66-55-36-48(63(7,8)9)26-32-57(55)68(59-34-44(33-58(67)60(59)66)41-17-15-14-16-18-41)50-29-30-53(64(10,11)12)51(37-50)42-19-21-43(22-20-42)52-40-65(13)38-45(52)39-65/h19-37,41,45,52H,14-18,38-40H2,1-13H3. The van der Waals surface area contributed by atoms with Crippen molar-refractivity contribution in [2.45, 2.75) is 175 Å². The maximum absolute atomic E-state index is 2.69. The van der Waals surface area contributed by atoms with Crippen LogP contribution in [-0.2, 0) is 21.7 Å². The molecule has 0 N–H and O–H groups in total. The van der Waals surface area contributed by atoms with Gasteiger partial charge in [0.25, 0.3) is 6.71 Å². The quantitative estimate of drug-likeness (QED) is 0.159. The first-order chi connectivity index (χ1) is 32.1. The molecule has 2 heterocycles. The fourth-order valence-electron chi connectivity index (χ4n) is 13.5. The molecule has 6 aliphatic rings. The molecule has 0 radical (unpaired) electrons. The number of fused-ring (bicyclic) bond motifs is 5. The zero-order valence-electron chi connectivity index (χ0n) is 43.8. The highest BCUT2D eigenvalue weighted by molar-refractivity contribution is 7.00. The van der Waals surface area contributed by atoms with E-state index in [-0.39, 0.29) is 28.4 Å². The molecule has 0 amide bonds. The van der Waals surface area contributed by atoms with Gasteiger partial charge in [-0.25, -0.2) is 0 Å². The third-order valence-electron chi connectivity index (χ3n) is 17.4. The molecule has 1 unspecified atom stereocenters. The van der Waals surface area contributed by atoms with Gasteiger partial charge < -0.3 is 9.80 Å². The molecule has 0 spiro atoms. The van der Waals surface area contributed by atoms with Crippen molar-refractivity contribution in [1.29, 1.82) is 0 Å². The molecule has 0 aromatic heterocycles. The van der Waals surface area contributed by atoms with E-state index in [0.717, 1.165) is 5.92 Å². The number of hydrogen-bond donors (Lipinski definition) is 0. The smallest absolute Gasteiger partial charge is 0.252 e. The molecule has 4 saturated carbocycles. The number of benzene rings is 6. The molecule has 4 aliphatic carbocycles. The van der Waals surface area contributed by atoms with E-state index in [1.165, 1.54) is 146 Å². The second-order valence-electron chi connectivity index (χ2n) is 26.6. The zero-order valence-corrected chi connectivity index (χ0v) is 43.8. The van der Waals surface area contributed by atoms with Crippen molar-refractivity contribution >= 4 is 57.2 Å². The van der Waals surface area contributed by atoms with Crippen LogP contribution in [0.3, 0.4) is 0 Å². The second-order valence-corrected chi connectivity index (χ2v) is 26.6. The number of hydrogen-bond acceptors (Lipinski definition) is 2. The largest absolute Gasteiger partial charge is 0.311 e. The molecule has 3 heteroatoms. The van der Waals surface area contributed by atoms with Gasteiger partial charge in [0, 0.05) is 34.1 Å². The van der Waals surface area contributed by atoms with E-state index < -0.39 is 0 Å². The molecule has 350 valence electrons. The minimum Gasteiger partial charge on any atom is -0.311 e. The van der Waals surface area contributed by atoms with Crippen molar-refractivity contribution in [3.05, 3.63) is 149 Å². The van der Waals surface area contributed by atoms with Crippen molar-refractivity contribution in [3.63, 3.8) is 0 Å². The highest BCUT2D eigenvalue weighted by Gasteiger charge is 2.53. The van der Waals surface area contributed by atoms with Gasteiger partial charge in [-0.3, -0.25) is 0 Å². The van der Waals surface area contributed by atoms with Crippen LogP contribution in [0.2, 0.25) is 0 Å². The molecule has 6 aromatic rings. The van der Waals surface area contributed by atoms with Gasteiger partial charge in [0.2, 0.25) is 0 Å². The van der Waals surface area contributed by atoms with E-state index >= 15 is 0 Å². The van der Waals surface area contributed by atoms with Crippen LogP contribution in [0.5, 0.6) is 0 Å². The SMILES string of the molecule is CC12CC(C1)C(c1ccc(-c3cc(N4c5ccc(C(C)(C)C)cc5B5c6cc(C(C)(C)C)ccc6N(c6ccc(C(C)(C)C)cc6)c6cc(C7CCCCC7)cc4c65)ccc3C(C)(C)C)cc1)C2. The second kappa shape index (κ2) is 15.7. The van der Waals surface area contributed by atoms with Gasteiger partial charge in [-0.05, 0) is 186 Å². The molecular formula is C65H77BN2. The van der Waals surface area contributed by atoms with E-state index in [2.05, 4.69) is 215 Å². The van der Waals surface area contributed by atoms with Crippen LogP contribution < -0.4 is 26.2 Å². The summed E-state index contributed by atoms with van der Waals surface area (Å²) in [5.74, 6) is 2.11. The van der Waals surface area contributed by atoms with E-state index in [4.69, 9.17) is 0 Å². The Balaban J connectivity index is 1.18. The lowest BCUT2D eigenvalue weighted by molar-refractivity contribution is 0.168. The molecule has 68 heavy (non-hydrogen) atoms. The summed E-state index contributed by atoms with van der Waals surface area (Å²) < 4.78 is 0. The molecule has 1 atom stereocenters. The van der Waals surface area contributed by atoms with E-state index in [1.807, 2.05) is 0 Å². The van der Waals surface area contributed by atoms with Gasteiger partial charge in [-0.15, -0.1) is 0 Å². The van der Waals surface area contributed by atoms with E-state index in [0.29, 0.717) is 17.3 Å². The lowest BCUT2D eigenvalue weighted by Gasteiger charge is -2.45.